The Hall–Kier alpha value is -1.55. The predicted octanol–water partition coefficient (Wildman–Crippen LogP) is -1.35. The van der Waals surface area contributed by atoms with Crippen molar-refractivity contribution >= 4 is 17.8 Å². The maximum absolute atomic E-state index is 12.5. The minimum atomic E-state index is -1.20. The second-order valence-corrected chi connectivity index (χ2v) is 6.19. The van der Waals surface area contributed by atoms with Gasteiger partial charge in [0, 0.05) is 14.0 Å². The van der Waals surface area contributed by atoms with E-state index >= 15 is 0 Å². The van der Waals surface area contributed by atoms with E-state index < -0.39 is 60.0 Å². The SMILES string of the molecule is COC(=O)CN1C(=O)[C@@H]2[C@H]3O[C@@H]([C@H]4OC(C)(OC)O[C@@H]43)[C@@H]2C1=O. The molecule has 0 aliphatic carbocycles. The van der Waals surface area contributed by atoms with Gasteiger partial charge in [-0.1, -0.05) is 0 Å². The third-order valence-electron chi connectivity index (χ3n) is 5.07. The van der Waals surface area contributed by atoms with E-state index in [0.717, 1.165) is 4.90 Å². The Balaban J connectivity index is 1.60. The van der Waals surface area contributed by atoms with Crippen LogP contribution in [0.1, 0.15) is 6.92 Å². The number of hydrogen-bond acceptors (Lipinski definition) is 8. The average molecular weight is 327 g/mol. The van der Waals surface area contributed by atoms with Crippen molar-refractivity contribution in [3.63, 3.8) is 0 Å². The molecule has 9 heteroatoms. The van der Waals surface area contributed by atoms with Crippen LogP contribution in [0.25, 0.3) is 0 Å². The normalized spacial score (nSPS) is 47.2. The lowest BCUT2D eigenvalue weighted by Crippen LogP contribution is -2.46. The van der Waals surface area contributed by atoms with Crippen LogP contribution in [0.5, 0.6) is 0 Å². The fourth-order valence-electron chi connectivity index (χ4n) is 3.99. The number of amides is 2. The van der Waals surface area contributed by atoms with E-state index in [9.17, 15) is 14.4 Å². The zero-order chi connectivity index (χ0) is 16.5. The van der Waals surface area contributed by atoms with Crippen molar-refractivity contribution in [1.29, 1.82) is 0 Å². The van der Waals surface area contributed by atoms with Crippen molar-refractivity contribution in [2.24, 2.45) is 11.8 Å². The first-order valence-corrected chi connectivity index (χ1v) is 7.38. The number of likely N-dealkylation sites (tertiary alicyclic amines) is 1. The first-order valence-electron chi connectivity index (χ1n) is 7.38. The topological polar surface area (TPSA) is 101 Å². The molecule has 4 rings (SSSR count). The van der Waals surface area contributed by atoms with Gasteiger partial charge in [0.2, 0.25) is 11.8 Å². The number of fused-ring (bicyclic) bond motifs is 8. The third kappa shape index (κ3) is 1.84. The Morgan fingerprint density at radius 1 is 1.09 bits per heavy atom. The molecule has 0 N–H and O–H groups in total. The molecule has 0 aromatic carbocycles. The van der Waals surface area contributed by atoms with E-state index in [1.54, 1.807) is 6.92 Å². The van der Waals surface area contributed by atoms with Crippen LogP contribution in [0.2, 0.25) is 0 Å². The van der Waals surface area contributed by atoms with Gasteiger partial charge in [-0.15, -0.1) is 0 Å². The van der Waals surface area contributed by atoms with Gasteiger partial charge in [0.15, 0.2) is 0 Å². The molecule has 1 unspecified atom stereocenters. The summed E-state index contributed by atoms with van der Waals surface area (Å²) in [6.07, 6.45) is -2.10. The first kappa shape index (κ1) is 15.0. The lowest BCUT2D eigenvalue weighted by Gasteiger charge is -2.24. The molecule has 4 fully saturated rings. The Morgan fingerprint density at radius 3 is 2.04 bits per heavy atom. The van der Waals surface area contributed by atoms with Gasteiger partial charge in [0.05, 0.1) is 31.2 Å². The molecule has 0 spiro atoms. The smallest absolute Gasteiger partial charge is 0.325 e. The van der Waals surface area contributed by atoms with Gasteiger partial charge in [-0.05, 0) is 0 Å². The van der Waals surface area contributed by atoms with Gasteiger partial charge in [0.25, 0.3) is 5.97 Å². The van der Waals surface area contributed by atoms with Crippen LogP contribution in [-0.2, 0) is 38.1 Å². The summed E-state index contributed by atoms with van der Waals surface area (Å²) in [5.74, 6) is -3.99. The summed E-state index contributed by atoms with van der Waals surface area (Å²) in [5.41, 5.74) is 0. The van der Waals surface area contributed by atoms with Crippen molar-refractivity contribution in [3.05, 3.63) is 0 Å². The molecule has 4 heterocycles. The second kappa shape index (κ2) is 4.73. The molecular weight excluding hydrogens is 310 g/mol. The molecule has 0 radical (unpaired) electrons. The number of methoxy groups -OCH3 is 2. The summed E-state index contributed by atoms with van der Waals surface area (Å²) >= 11 is 0. The van der Waals surface area contributed by atoms with Gasteiger partial charge < -0.3 is 23.7 Å². The van der Waals surface area contributed by atoms with E-state index in [1.807, 2.05) is 0 Å². The molecule has 4 aliphatic heterocycles. The molecule has 0 aromatic heterocycles. The number of carbonyl (C=O) groups excluding carboxylic acids is 3. The van der Waals surface area contributed by atoms with Crippen molar-refractivity contribution in [3.8, 4) is 0 Å². The van der Waals surface area contributed by atoms with Crippen LogP contribution in [0.4, 0.5) is 0 Å². The Morgan fingerprint density at radius 2 is 1.61 bits per heavy atom. The van der Waals surface area contributed by atoms with Crippen LogP contribution in [0, 0.1) is 11.8 Å². The number of carbonyl (C=O) groups is 3. The molecule has 23 heavy (non-hydrogen) atoms. The maximum Gasteiger partial charge on any atom is 0.325 e. The Kier molecular flexibility index (Phi) is 3.08. The summed E-state index contributed by atoms with van der Waals surface area (Å²) in [5, 5.41) is 0. The van der Waals surface area contributed by atoms with Crippen molar-refractivity contribution in [2.75, 3.05) is 20.8 Å². The molecule has 9 nitrogen and oxygen atoms in total. The highest BCUT2D eigenvalue weighted by Gasteiger charge is 2.73. The summed E-state index contributed by atoms with van der Waals surface area (Å²) < 4.78 is 27.0. The first-order chi connectivity index (χ1) is 10.9. The van der Waals surface area contributed by atoms with E-state index in [4.69, 9.17) is 18.9 Å². The molecule has 4 saturated heterocycles. The highest BCUT2D eigenvalue weighted by atomic mass is 16.9. The number of ether oxygens (including phenoxy) is 5. The molecule has 2 bridgehead atoms. The predicted molar refractivity (Wildman–Crippen MR) is 69.5 cm³/mol. The minimum absolute atomic E-state index is 0.382. The van der Waals surface area contributed by atoms with Crippen molar-refractivity contribution in [1.82, 2.24) is 4.90 Å². The van der Waals surface area contributed by atoms with Gasteiger partial charge >= 0.3 is 5.97 Å². The Bertz CT molecular complexity index is 555. The summed E-state index contributed by atoms with van der Waals surface area (Å²) in [7, 11) is 2.66. The summed E-state index contributed by atoms with van der Waals surface area (Å²) in [6, 6.07) is 0. The van der Waals surface area contributed by atoms with Crippen LogP contribution in [-0.4, -0.2) is 73.8 Å². The molecular formula is C14H17NO8. The largest absolute Gasteiger partial charge is 0.468 e. The number of hydrogen-bond donors (Lipinski definition) is 0. The fraction of sp³-hybridized carbons (Fsp3) is 0.786. The third-order valence-corrected chi connectivity index (χ3v) is 5.07. The monoisotopic (exact) mass is 327 g/mol. The standard InChI is InChI=1S/C14H17NO8/c1-14(20-3)22-10-8-6-7(9(21-8)11(10)23-14)13(18)15(12(6)17)4-5(16)19-2/h6-11H,4H2,1-3H3/t6-,7+,8-,9-,10-,11-,14?/m1/s1. The quantitative estimate of drug-likeness (QED) is 0.463. The van der Waals surface area contributed by atoms with Crippen molar-refractivity contribution < 1.29 is 38.1 Å². The van der Waals surface area contributed by atoms with Crippen LogP contribution < -0.4 is 0 Å². The second-order valence-electron chi connectivity index (χ2n) is 6.19. The number of esters is 1. The van der Waals surface area contributed by atoms with Gasteiger partial charge in [-0.25, -0.2) is 0 Å². The van der Waals surface area contributed by atoms with Crippen LogP contribution in [0.15, 0.2) is 0 Å². The van der Waals surface area contributed by atoms with Gasteiger partial charge in [-0.2, -0.15) is 0 Å². The minimum Gasteiger partial charge on any atom is -0.468 e. The zero-order valence-corrected chi connectivity index (χ0v) is 12.9. The lowest BCUT2D eigenvalue weighted by atomic mass is 9.78. The summed E-state index contributed by atoms with van der Waals surface area (Å²) in [6.45, 7) is 1.25. The lowest BCUT2D eigenvalue weighted by molar-refractivity contribution is -0.330. The van der Waals surface area contributed by atoms with E-state index in [0.29, 0.717) is 0 Å². The molecule has 0 saturated carbocycles. The molecule has 0 aromatic rings. The molecule has 7 atom stereocenters. The van der Waals surface area contributed by atoms with Gasteiger partial charge in [-0.3, -0.25) is 19.3 Å². The van der Waals surface area contributed by atoms with Gasteiger partial charge in [0.1, 0.15) is 18.8 Å². The fourth-order valence-corrected chi connectivity index (χ4v) is 3.99. The highest BCUT2D eigenvalue weighted by molar-refractivity contribution is 6.08. The average Bonchev–Trinajstić information content (AvgIpc) is 3.22. The summed E-state index contributed by atoms with van der Waals surface area (Å²) in [4.78, 5) is 37.5. The molecule has 126 valence electrons. The van der Waals surface area contributed by atoms with Crippen LogP contribution >= 0.6 is 0 Å². The number of rotatable bonds is 3. The maximum atomic E-state index is 12.5. The van der Waals surface area contributed by atoms with Crippen molar-refractivity contribution in [2.45, 2.75) is 37.3 Å². The van der Waals surface area contributed by atoms with E-state index in [2.05, 4.69) is 4.74 Å². The number of nitrogens with zero attached hydrogens (tertiary/aromatic N) is 1. The number of imide groups is 1. The van der Waals surface area contributed by atoms with E-state index in [-0.39, 0.29) is 6.54 Å². The molecule has 2 amide bonds. The van der Waals surface area contributed by atoms with Crippen LogP contribution in [0.3, 0.4) is 0 Å². The highest BCUT2D eigenvalue weighted by Crippen LogP contribution is 2.54. The zero-order valence-electron chi connectivity index (χ0n) is 12.9. The molecule has 4 aliphatic rings. The van der Waals surface area contributed by atoms with E-state index in [1.165, 1.54) is 14.2 Å². The Labute approximate surface area is 131 Å².